The van der Waals surface area contributed by atoms with E-state index in [1.807, 2.05) is 17.8 Å². The Morgan fingerprint density at radius 2 is 1.88 bits per heavy atom. The van der Waals surface area contributed by atoms with Crippen molar-refractivity contribution in [2.45, 2.75) is 23.5 Å². The van der Waals surface area contributed by atoms with Crippen molar-refractivity contribution in [1.82, 2.24) is 5.32 Å². The van der Waals surface area contributed by atoms with Crippen molar-refractivity contribution in [3.05, 3.63) is 30.3 Å². The third-order valence-electron chi connectivity index (χ3n) is 1.85. The van der Waals surface area contributed by atoms with Crippen LogP contribution in [0, 0.1) is 0 Å². The van der Waals surface area contributed by atoms with E-state index in [0.717, 1.165) is 18.8 Å². The Labute approximate surface area is 115 Å². The lowest BCUT2D eigenvalue weighted by Gasteiger charge is -2.17. The van der Waals surface area contributed by atoms with Gasteiger partial charge in [-0.1, -0.05) is 18.2 Å². The molecule has 0 aliphatic heterocycles. The van der Waals surface area contributed by atoms with Crippen molar-refractivity contribution in [3.63, 3.8) is 0 Å². The third-order valence-corrected chi connectivity index (χ3v) is 3.02. The summed E-state index contributed by atoms with van der Waals surface area (Å²) in [5, 5.41) is 3.40. The molecule has 0 saturated carbocycles. The zero-order valence-corrected chi connectivity index (χ0v) is 12.3. The highest BCUT2D eigenvalue weighted by molar-refractivity contribution is 7.99. The first-order valence-corrected chi connectivity index (χ1v) is 6.62. The third kappa shape index (κ3) is 8.34. The molecule has 1 rings (SSSR count). The van der Waals surface area contributed by atoms with Crippen LogP contribution >= 0.6 is 36.8 Å². The second-order valence-corrected chi connectivity index (χ2v) is 6.53. The molecule has 0 aliphatic rings. The van der Waals surface area contributed by atoms with Crippen molar-refractivity contribution in [3.8, 4) is 0 Å². The Kier molecular flexibility index (Phi) is 8.38. The van der Waals surface area contributed by atoms with E-state index in [2.05, 4.69) is 56.1 Å². The Balaban J connectivity index is 0.00000225. The molecule has 0 atom stereocenters. The Morgan fingerprint density at radius 3 is 2.44 bits per heavy atom. The van der Waals surface area contributed by atoms with Crippen LogP contribution in [0.4, 0.5) is 0 Å². The quantitative estimate of drug-likeness (QED) is 0.469. The molecule has 0 fully saturated rings. The van der Waals surface area contributed by atoms with E-state index in [9.17, 15) is 0 Å². The summed E-state index contributed by atoms with van der Waals surface area (Å²) in [5.41, 5.74) is 0. The number of rotatable bonds is 6. The minimum Gasteiger partial charge on any atom is -0.315 e. The van der Waals surface area contributed by atoms with Crippen LogP contribution < -0.4 is 5.32 Å². The molecule has 0 radical (unpaired) electrons. The van der Waals surface area contributed by atoms with E-state index in [0.29, 0.717) is 0 Å². The minimum atomic E-state index is 0. The summed E-state index contributed by atoms with van der Waals surface area (Å²) in [6, 6.07) is 10.5. The van der Waals surface area contributed by atoms with Crippen LogP contribution in [0.2, 0.25) is 0 Å². The monoisotopic (exact) mass is 277 g/mol. The van der Waals surface area contributed by atoms with E-state index in [-0.39, 0.29) is 17.2 Å². The molecule has 1 nitrogen and oxygen atoms in total. The zero-order valence-electron chi connectivity index (χ0n) is 9.77. The van der Waals surface area contributed by atoms with Crippen molar-refractivity contribution < 1.29 is 0 Å². The molecular weight excluding hydrogens is 258 g/mol. The molecule has 92 valence electrons. The van der Waals surface area contributed by atoms with Gasteiger partial charge in [0.25, 0.3) is 0 Å². The average molecular weight is 278 g/mol. The van der Waals surface area contributed by atoms with Crippen LogP contribution in [0.25, 0.3) is 0 Å². The Bertz CT molecular complexity index is 272. The highest BCUT2D eigenvalue weighted by atomic mass is 35.5. The van der Waals surface area contributed by atoms with Gasteiger partial charge in [-0.25, -0.2) is 0 Å². The predicted octanol–water partition coefficient (Wildman–Crippen LogP) is 3.50. The SMILES string of the molecule is CC(C)(S)CNCCSc1ccccc1.Cl. The van der Waals surface area contributed by atoms with Crippen molar-refractivity contribution in [2.75, 3.05) is 18.8 Å². The van der Waals surface area contributed by atoms with E-state index < -0.39 is 0 Å². The molecule has 0 unspecified atom stereocenters. The summed E-state index contributed by atoms with van der Waals surface area (Å²) < 4.78 is 0.0808. The molecule has 0 bridgehead atoms. The van der Waals surface area contributed by atoms with Gasteiger partial charge in [0.2, 0.25) is 0 Å². The molecule has 0 amide bonds. The summed E-state index contributed by atoms with van der Waals surface area (Å²) in [7, 11) is 0. The first-order chi connectivity index (χ1) is 7.08. The maximum absolute atomic E-state index is 4.46. The zero-order chi connectivity index (χ0) is 11.1. The van der Waals surface area contributed by atoms with Crippen molar-refractivity contribution in [2.24, 2.45) is 0 Å². The van der Waals surface area contributed by atoms with Crippen LogP contribution in [-0.4, -0.2) is 23.6 Å². The number of thiol groups is 1. The van der Waals surface area contributed by atoms with Crippen LogP contribution in [0.1, 0.15) is 13.8 Å². The van der Waals surface area contributed by atoms with E-state index in [4.69, 9.17) is 0 Å². The lowest BCUT2D eigenvalue weighted by atomic mass is 10.2. The largest absolute Gasteiger partial charge is 0.315 e. The van der Waals surface area contributed by atoms with Gasteiger partial charge in [-0.2, -0.15) is 12.6 Å². The normalized spacial score (nSPS) is 10.9. The van der Waals surface area contributed by atoms with Gasteiger partial charge in [0.05, 0.1) is 0 Å². The first kappa shape index (κ1) is 16.2. The smallest absolute Gasteiger partial charge is 0.0198 e. The lowest BCUT2D eigenvalue weighted by Crippen LogP contribution is -2.31. The molecule has 1 aromatic rings. The second kappa shape index (κ2) is 8.29. The van der Waals surface area contributed by atoms with Crippen LogP contribution in [0.3, 0.4) is 0 Å². The lowest BCUT2D eigenvalue weighted by molar-refractivity contribution is 0.613. The molecule has 1 aromatic carbocycles. The van der Waals surface area contributed by atoms with Gasteiger partial charge in [-0.3, -0.25) is 0 Å². The topological polar surface area (TPSA) is 12.0 Å². The number of nitrogens with one attached hydrogen (secondary N) is 1. The van der Waals surface area contributed by atoms with Crippen molar-refractivity contribution >= 4 is 36.8 Å². The van der Waals surface area contributed by atoms with Crippen LogP contribution in [0.15, 0.2) is 35.2 Å². The number of benzene rings is 1. The van der Waals surface area contributed by atoms with Crippen LogP contribution in [-0.2, 0) is 0 Å². The molecule has 0 aromatic heterocycles. The summed E-state index contributed by atoms with van der Waals surface area (Å²) >= 11 is 6.34. The maximum atomic E-state index is 4.46. The van der Waals surface area contributed by atoms with E-state index in [1.54, 1.807) is 0 Å². The standard InChI is InChI=1S/C12H19NS2.ClH/c1-12(2,14)10-13-8-9-15-11-6-4-3-5-7-11;/h3-7,13-14H,8-10H2,1-2H3;1H. The molecule has 0 saturated heterocycles. The Hall–Kier alpha value is 0.170. The molecule has 0 heterocycles. The van der Waals surface area contributed by atoms with Gasteiger partial charge in [0, 0.05) is 28.5 Å². The van der Waals surface area contributed by atoms with Gasteiger partial charge >= 0.3 is 0 Å². The molecule has 4 heteroatoms. The van der Waals surface area contributed by atoms with E-state index >= 15 is 0 Å². The Morgan fingerprint density at radius 1 is 1.25 bits per heavy atom. The van der Waals surface area contributed by atoms with Gasteiger partial charge in [-0.05, 0) is 26.0 Å². The number of hydrogen-bond donors (Lipinski definition) is 2. The molecule has 0 spiro atoms. The van der Waals surface area contributed by atoms with Crippen LogP contribution in [0.5, 0.6) is 0 Å². The van der Waals surface area contributed by atoms with E-state index in [1.165, 1.54) is 4.90 Å². The number of thioether (sulfide) groups is 1. The highest BCUT2D eigenvalue weighted by Crippen LogP contribution is 2.16. The number of hydrogen-bond acceptors (Lipinski definition) is 3. The molecule has 1 N–H and O–H groups in total. The summed E-state index contributed by atoms with van der Waals surface area (Å²) in [6.45, 7) is 6.22. The molecule has 16 heavy (non-hydrogen) atoms. The minimum absolute atomic E-state index is 0. The molecular formula is C12H20ClNS2. The maximum Gasteiger partial charge on any atom is 0.0198 e. The fourth-order valence-corrected chi connectivity index (χ4v) is 2.10. The fraction of sp³-hybridized carbons (Fsp3) is 0.500. The van der Waals surface area contributed by atoms with Crippen molar-refractivity contribution in [1.29, 1.82) is 0 Å². The summed E-state index contributed by atoms with van der Waals surface area (Å²) in [4.78, 5) is 1.34. The highest BCUT2D eigenvalue weighted by Gasteiger charge is 2.09. The summed E-state index contributed by atoms with van der Waals surface area (Å²) in [5.74, 6) is 1.11. The van der Waals surface area contributed by atoms with Gasteiger partial charge in [0.15, 0.2) is 0 Å². The predicted molar refractivity (Wildman–Crippen MR) is 80.3 cm³/mol. The molecule has 0 aliphatic carbocycles. The number of halogens is 1. The fourth-order valence-electron chi connectivity index (χ4n) is 1.15. The van der Waals surface area contributed by atoms with Gasteiger partial charge in [0.1, 0.15) is 0 Å². The first-order valence-electron chi connectivity index (χ1n) is 5.19. The average Bonchev–Trinajstić information content (AvgIpc) is 2.17. The second-order valence-electron chi connectivity index (χ2n) is 4.15. The summed E-state index contributed by atoms with van der Waals surface area (Å²) in [6.07, 6.45) is 0. The van der Waals surface area contributed by atoms with Gasteiger partial charge < -0.3 is 5.32 Å². The van der Waals surface area contributed by atoms with Gasteiger partial charge in [-0.15, -0.1) is 24.2 Å².